The first-order chi connectivity index (χ1) is 16.0. The van der Waals surface area contributed by atoms with Gasteiger partial charge in [0.1, 0.15) is 0 Å². The van der Waals surface area contributed by atoms with Crippen molar-refractivity contribution in [3.05, 3.63) is 22.8 Å². The minimum Gasteiger partial charge on any atom is -0.464 e. The summed E-state index contributed by atoms with van der Waals surface area (Å²) in [6.45, 7) is 5.82. The van der Waals surface area contributed by atoms with Crippen molar-refractivity contribution in [2.75, 3.05) is 17.5 Å². The molecule has 1 heterocycles. The molecule has 0 N–H and O–H groups in total. The standard InChI is InChI=1S/C19H23F6NO8S2/c1-6-32-16(27)15(33-17(3,4)5)13-10(2)9-12-11(14(13)34-36(30,31)19(23,24)25)7-8-26(12)35(28,29)18(20,21)22/h9,15H,6-8H2,1-5H3. The Morgan fingerprint density at radius 3 is 2.06 bits per heavy atom. The van der Waals surface area contributed by atoms with Gasteiger partial charge in [0.25, 0.3) is 0 Å². The fraction of sp³-hybridized carbons (Fsp3) is 0.632. The van der Waals surface area contributed by atoms with Gasteiger partial charge in [0, 0.05) is 17.7 Å². The predicted molar refractivity (Wildman–Crippen MR) is 113 cm³/mol. The first-order valence-corrected chi connectivity index (χ1v) is 13.0. The number of fused-ring (bicyclic) bond motifs is 1. The van der Waals surface area contributed by atoms with Crippen LogP contribution >= 0.6 is 0 Å². The van der Waals surface area contributed by atoms with Crippen molar-refractivity contribution in [3.63, 3.8) is 0 Å². The van der Waals surface area contributed by atoms with Crippen molar-refractivity contribution in [2.45, 2.75) is 63.8 Å². The maximum atomic E-state index is 13.2. The number of anilines is 1. The van der Waals surface area contributed by atoms with Gasteiger partial charge in [0.2, 0.25) is 0 Å². The number of hydrogen-bond donors (Lipinski definition) is 0. The SMILES string of the molecule is CCOC(=O)C(OC(C)(C)C)c1c(C)cc2c(c1OS(=O)(=O)C(F)(F)F)CCN2S(=O)(=O)C(F)(F)F. The summed E-state index contributed by atoms with van der Waals surface area (Å²) < 4.78 is 142. The van der Waals surface area contributed by atoms with Crippen molar-refractivity contribution < 1.29 is 61.6 Å². The van der Waals surface area contributed by atoms with Crippen LogP contribution in [0.2, 0.25) is 0 Å². The molecule has 0 spiro atoms. The third kappa shape index (κ3) is 5.82. The Kier molecular flexibility index (Phi) is 7.95. The topological polar surface area (TPSA) is 116 Å². The molecule has 2 rings (SSSR count). The zero-order valence-corrected chi connectivity index (χ0v) is 21.2. The summed E-state index contributed by atoms with van der Waals surface area (Å²) in [6.07, 6.45) is -2.53. The number of rotatable bonds is 7. The molecule has 1 aliphatic heterocycles. The largest absolute Gasteiger partial charge is 0.534 e. The maximum Gasteiger partial charge on any atom is 0.534 e. The maximum absolute atomic E-state index is 13.2. The lowest BCUT2D eigenvalue weighted by atomic mass is 9.96. The summed E-state index contributed by atoms with van der Waals surface area (Å²) in [5, 5.41) is 0. The summed E-state index contributed by atoms with van der Waals surface area (Å²) in [5.74, 6) is -2.31. The van der Waals surface area contributed by atoms with E-state index in [1.165, 1.54) is 27.7 Å². The smallest absolute Gasteiger partial charge is 0.464 e. The van der Waals surface area contributed by atoms with Gasteiger partial charge in [-0.1, -0.05) is 0 Å². The van der Waals surface area contributed by atoms with E-state index in [0.717, 1.165) is 13.0 Å². The van der Waals surface area contributed by atoms with Crippen LogP contribution < -0.4 is 8.49 Å². The van der Waals surface area contributed by atoms with Crippen molar-refractivity contribution >= 4 is 31.8 Å². The highest BCUT2D eigenvalue weighted by Gasteiger charge is 2.54. The second kappa shape index (κ2) is 9.55. The van der Waals surface area contributed by atoms with Gasteiger partial charge in [0.05, 0.1) is 17.9 Å². The van der Waals surface area contributed by atoms with E-state index in [0.29, 0.717) is 0 Å². The summed E-state index contributed by atoms with van der Waals surface area (Å²) in [7, 11) is -12.4. The molecule has 0 fully saturated rings. The molecule has 0 amide bonds. The molecule has 1 atom stereocenters. The van der Waals surface area contributed by atoms with Gasteiger partial charge in [0.15, 0.2) is 11.9 Å². The molecule has 206 valence electrons. The summed E-state index contributed by atoms with van der Waals surface area (Å²) in [5.41, 5.74) is -15.1. The van der Waals surface area contributed by atoms with Crippen LogP contribution in [0.5, 0.6) is 5.75 Å². The average molecular weight is 572 g/mol. The fourth-order valence-corrected chi connectivity index (χ4v) is 4.88. The van der Waals surface area contributed by atoms with E-state index in [4.69, 9.17) is 9.47 Å². The minimum absolute atomic E-state index is 0.115. The highest BCUT2D eigenvalue weighted by molar-refractivity contribution is 7.93. The Morgan fingerprint density at radius 2 is 1.61 bits per heavy atom. The second-order valence-electron chi connectivity index (χ2n) is 8.55. The Balaban J connectivity index is 2.93. The molecule has 17 heteroatoms. The highest BCUT2D eigenvalue weighted by Crippen LogP contribution is 2.47. The summed E-state index contributed by atoms with van der Waals surface area (Å²) in [6, 6.07) is 0.867. The van der Waals surface area contributed by atoms with E-state index in [1.807, 2.05) is 0 Å². The van der Waals surface area contributed by atoms with E-state index in [9.17, 15) is 48.0 Å². The van der Waals surface area contributed by atoms with Crippen LogP contribution in [0.4, 0.5) is 32.0 Å². The zero-order valence-electron chi connectivity index (χ0n) is 19.6. The molecule has 9 nitrogen and oxygen atoms in total. The van der Waals surface area contributed by atoms with Crippen molar-refractivity contribution in [1.82, 2.24) is 0 Å². The van der Waals surface area contributed by atoms with Crippen LogP contribution in [0.1, 0.15) is 50.5 Å². The Bertz CT molecular complexity index is 1230. The number of carbonyl (C=O) groups is 1. The Labute approximate surface area is 203 Å². The number of hydrogen-bond acceptors (Lipinski definition) is 8. The molecular weight excluding hydrogens is 548 g/mol. The molecule has 36 heavy (non-hydrogen) atoms. The lowest BCUT2D eigenvalue weighted by molar-refractivity contribution is -0.167. The Morgan fingerprint density at radius 1 is 1.06 bits per heavy atom. The van der Waals surface area contributed by atoms with Gasteiger partial charge in [-0.25, -0.2) is 4.79 Å². The molecule has 1 aromatic carbocycles. The quantitative estimate of drug-likeness (QED) is 0.210. The number of benzene rings is 1. The van der Waals surface area contributed by atoms with E-state index in [2.05, 4.69) is 4.18 Å². The molecule has 0 radical (unpaired) electrons. The van der Waals surface area contributed by atoms with Gasteiger partial charge < -0.3 is 13.7 Å². The molecule has 1 aliphatic rings. The number of alkyl halides is 6. The summed E-state index contributed by atoms with van der Waals surface area (Å²) >= 11 is 0. The highest BCUT2D eigenvalue weighted by atomic mass is 32.2. The first-order valence-electron chi connectivity index (χ1n) is 10.2. The molecule has 1 unspecified atom stereocenters. The van der Waals surface area contributed by atoms with Crippen molar-refractivity contribution in [2.24, 2.45) is 0 Å². The second-order valence-corrected chi connectivity index (χ2v) is 11.9. The van der Waals surface area contributed by atoms with Gasteiger partial charge >= 0.3 is 37.1 Å². The van der Waals surface area contributed by atoms with Gasteiger partial charge in [-0.3, -0.25) is 4.31 Å². The van der Waals surface area contributed by atoms with Gasteiger partial charge in [-0.2, -0.15) is 43.2 Å². The van der Waals surface area contributed by atoms with E-state index < -0.39 is 84.4 Å². The van der Waals surface area contributed by atoms with Crippen LogP contribution in [0.3, 0.4) is 0 Å². The molecule has 0 aromatic heterocycles. The zero-order chi connectivity index (χ0) is 28.1. The number of sulfonamides is 1. The number of nitrogens with zero attached hydrogens (tertiary/aromatic N) is 1. The Hall–Kier alpha value is -2.27. The third-order valence-corrected chi connectivity index (χ3v) is 7.23. The molecular formula is C19H23F6NO8S2. The molecule has 0 bridgehead atoms. The number of halogens is 6. The first kappa shape index (κ1) is 30.0. The van der Waals surface area contributed by atoms with Crippen LogP contribution in [0.25, 0.3) is 0 Å². The van der Waals surface area contributed by atoms with Crippen LogP contribution in [-0.4, -0.2) is 52.6 Å². The molecule has 0 saturated heterocycles. The third-order valence-electron chi connectivity index (χ3n) is 4.73. The van der Waals surface area contributed by atoms with E-state index >= 15 is 0 Å². The molecule has 0 aliphatic carbocycles. The van der Waals surface area contributed by atoms with Gasteiger partial charge in [-0.15, -0.1) is 0 Å². The average Bonchev–Trinajstić information content (AvgIpc) is 3.08. The number of aryl methyl sites for hydroxylation is 1. The fourth-order valence-electron chi connectivity index (χ4n) is 3.37. The van der Waals surface area contributed by atoms with E-state index in [1.54, 1.807) is 0 Å². The van der Waals surface area contributed by atoms with Crippen LogP contribution in [-0.2, 0) is 40.8 Å². The predicted octanol–water partition coefficient (Wildman–Crippen LogP) is 3.85. The monoisotopic (exact) mass is 571 g/mol. The van der Waals surface area contributed by atoms with Crippen LogP contribution in [0.15, 0.2) is 6.07 Å². The van der Waals surface area contributed by atoms with E-state index in [-0.39, 0.29) is 16.5 Å². The minimum atomic E-state index is -6.41. The molecule has 0 saturated carbocycles. The van der Waals surface area contributed by atoms with Crippen molar-refractivity contribution in [1.29, 1.82) is 0 Å². The van der Waals surface area contributed by atoms with Gasteiger partial charge in [-0.05, 0) is 52.7 Å². The lowest BCUT2D eigenvalue weighted by Gasteiger charge is -2.30. The summed E-state index contributed by atoms with van der Waals surface area (Å²) in [4.78, 5) is 12.7. The number of esters is 1. The lowest BCUT2D eigenvalue weighted by Crippen LogP contribution is -2.39. The van der Waals surface area contributed by atoms with Crippen LogP contribution in [0, 0.1) is 6.92 Å². The van der Waals surface area contributed by atoms with Crippen molar-refractivity contribution in [3.8, 4) is 5.75 Å². The number of carbonyl (C=O) groups excluding carboxylic acids is 1. The normalized spacial score (nSPS) is 16.0. The number of ether oxygens (including phenoxy) is 2. The molecule has 1 aromatic rings.